The van der Waals surface area contributed by atoms with Gasteiger partial charge in [-0.1, -0.05) is 29.3 Å². The molecule has 8 nitrogen and oxygen atoms in total. The average molecular weight is 398 g/mol. The van der Waals surface area contributed by atoms with Crippen molar-refractivity contribution in [2.45, 2.75) is 0 Å². The van der Waals surface area contributed by atoms with Gasteiger partial charge in [0.25, 0.3) is 11.6 Å². The van der Waals surface area contributed by atoms with Crippen LogP contribution >= 0.6 is 23.2 Å². The molecule has 2 rings (SSSR count). The van der Waals surface area contributed by atoms with Crippen LogP contribution in [0.15, 0.2) is 36.4 Å². The Kier molecular flexibility index (Phi) is 6.37. The highest BCUT2D eigenvalue weighted by atomic mass is 35.5. The summed E-state index contributed by atoms with van der Waals surface area (Å²) in [4.78, 5) is 34.3. The molecule has 0 atom stereocenters. The van der Waals surface area contributed by atoms with E-state index in [0.717, 1.165) is 6.07 Å². The third kappa shape index (κ3) is 4.62. The Morgan fingerprint density at radius 1 is 1.19 bits per heavy atom. The summed E-state index contributed by atoms with van der Waals surface area (Å²) < 4.78 is 4.92. The Bertz CT molecular complexity index is 873. The third-order valence-electron chi connectivity index (χ3n) is 3.26. The number of anilines is 2. The molecule has 2 aromatic carbocycles. The minimum absolute atomic E-state index is 0.0599. The first kappa shape index (κ1) is 19.5. The van der Waals surface area contributed by atoms with E-state index in [1.807, 2.05) is 0 Å². The van der Waals surface area contributed by atoms with Gasteiger partial charge in [0.1, 0.15) is 0 Å². The summed E-state index contributed by atoms with van der Waals surface area (Å²) in [5.74, 6) is -1.52. The van der Waals surface area contributed by atoms with Crippen molar-refractivity contribution >= 4 is 52.1 Å². The molecule has 2 aromatic rings. The fourth-order valence-electron chi connectivity index (χ4n) is 2.03. The van der Waals surface area contributed by atoms with Crippen molar-refractivity contribution in [1.82, 2.24) is 0 Å². The number of nitrogens with zero attached hydrogens (tertiary/aromatic N) is 1. The van der Waals surface area contributed by atoms with Crippen LogP contribution in [0.2, 0.25) is 10.0 Å². The standard InChI is InChI=1S/C16H13Cl2N3O5/c1-19-12-6-5-9(21(24)25)7-10(12)16(23)26-8-14(22)20-13-4-2-3-11(17)15(13)18/h2-7,19H,8H2,1H3,(H,20,22). The Morgan fingerprint density at radius 2 is 1.92 bits per heavy atom. The lowest BCUT2D eigenvalue weighted by Crippen LogP contribution is -2.21. The number of nitrogens with one attached hydrogen (secondary N) is 2. The number of carbonyl (C=O) groups is 2. The van der Waals surface area contributed by atoms with Gasteiger partial charge in [-0.25, -0.2) is 4.79 Å². The molecule has 0 aliphatic heterocycles. The molecule has 2 N–H and O–H groups in total. The van der Waals surface area contributed by atoms with Gasteiger partial charge in [-0.05, 0) is 18.2 Å². The quantitative estimate of drug-likeness (QED) is 0.436. The number of rotatable bonds is 6. The van der Waals surface area contributed by atoms with Crippen molar-refractivity contribution in [1.29, 1.82) is 0 Å². The van der Waals surface area contributed by atoms with Gasteiger partial charge in [0.2, 0.25) is 0 Å². The minimum atomic E-state index is -0.884. The first-order chi connectivity index (χ1) is 12.3. The number of carbonyl (C=O) groups excluding carboxylic acids is 2. The van der Waals surface area contributed by atoms with Gasteiger partial charge < -0.3 is 15.4 Å². The van der Waals surface area contributed by atoms with Gasteiger partial charge in [-0.3, -0.25) is 14.9 Å². The van der Waals surface area contributed by atoms with Crippen LogP contribution in [0.4, 0.5) is 17.1 Å². The number of halogens is 2. The van der Waals surface area contributed by atoms with Crippen LogP contribution in [0.3, 0.4) is 0 Å². The zero-order valence-corrected chi connectivity index (χ0v) is 14.9. The molecular formula is C16H13Cl2N3O5. The van der Waals surface area contributed by atoms with Crippen LogP contribution < -0.4 is 10.6 Å². The van der Waals surface area contributed by atoms with E-state index >= 15 is 0 Å². The number of esters is 1. The Balaban J connectivity index is 2.06. The second-order valence-electron chi connectivity index (χ2n) is 4.96. The number of nitro groups is 1. The van der Waals surface area contributed by atoms with Crippen molar-refractivity contribution in [3.8, 4) is 0 Å². The normalized spacial score (nSPS) is 10.1. The molecule has 0 heterocycles. The summed E-state index contributed by atoms with van der Waals surface area (Å²) in [6.07, 6.45) is 0. The summed E-state index contributed by atoms with van der Waals surface area (Å²) >= 11 is 11.8. The van der Waals surface area contributed by atoms with Gasteiger partial charge in [0.15, 0.2) is 6.61 Å². The fraction of sp³-hybridized carbons (Fsp3) is 0.125. The maximum Gasteiger partial charge on any atom is 0.341 e. The highest BCUT2D eigenvalue weighted by Crippen LogP contribution is 2.29. The highest BCUT2D eigenvalue weighted by Gasteiger charge is 2.19. The van der Waals surface area contributed by atoms with Gasteiger partial charge >= 0.3 is 5.97 Å². The van der Waals surface area contributed by atoms with Gasteiger partial charge in [-0.2, -0.15) is 0 Å². The second-order valence-corrected chi connectivity index (χ2v) is 5.75. The van der Waals surface area contributed by atoms with Crippen molar-refractivity contribution in [2.75, 3.05) is 24.3 Å². The van der Waals surface area contributed by atoms with Crippen molar-refractivity contribution in [3.63, 3.8) is 0 Å². The molecule has 0 radical (unpaired) electrons. The predicted molar refractivity (Wildman–Crippen MR) is 98.0 cm³/mol. The SMILES string of the molecule is CNc1ccc([N+](=O)[O-])cc1C(=O)OCC(=O)Nc1cccc(Cl)c1Cl. The predicted octanol–water partition coefficient (Wildman–Crippen LogP) is 3.74. The van der Waals surface area contributed by atoms with Crippen LogP contribution in [-0.2, 0) is 9.53 Å². The molecule has 0 spiro atoms. The van der Waals surface area contributed by atoms with Crippen LogP contribution in [0, 0.1) is 10.1 Å². The molecule has 26 heavy (non-hydrogen) atoms. The Labute approximate surface area is 158 Å². The van der Waals surface area contributed by atoms with Crippen molar-refractivity contribution < 1.29 is 19.2 Å². The number of non-ortho nitro benzene ring substituents is 1. The first-order valence-corrected chi connectivity index (χ1v) is 7.96. The highest BCUT2D eigenvalue weighted by molar-refractivity contribution is 6.44. The van der Waals surface area contributed by atoms with E-state index in [9.17, 15) is 19.7 Å². The van der Waals surface area contributed by atoms with E-state index in [1.54, 1.807) is 19.2 Å². The maximum atomic E-state index is 12.2. The molecular weight excluding hydrogens is 385 g/mol. The summed E-state index contributed by atoms with van der Waals surface area (Å²) in [5.41, 5.74) is 0.270. The smallest absolute Gasteiger partial charge is 0.341 e. The summed E-state index contributed by atoms with van der Waals surface area (Å²) in [6.45, 7) is -0.604. The molecule has 10 heteroatoms. The third-order valence-corrected chi connectivity index (χ3v) is 4.08. The minimum Gasteiger partial charge on any atom is -0.452 e. The van der Waals surface area contributed by atoms with Crippen LogP contribution in [0.25, 0.3) is 0 Å². The zero-order valence-electron chi connectivity index (χ0n) is 13.4. The van der Waals surface area contributed by atoms with E-state index in [-0.39, 0.29) is 27.0 Å². The summed E-state index contributed by atoms with van der Waals surface area (Å²) in [7, 11) is 1.55. The van der Waals surface area contributed by atoms with E-state index in [4.69, 9.17) is 27.9 Å². The number of amides is 1. The monoisotopic (exact) mass is 397 g/mol. The topological polar surface area (TPSA) is 111 Å². The largest absolute Gasteiger partial charge is 0.452 e. The van der Waals surface area contributed by atoms with Crippen molar-refractivity contribution in [2.24, 2.45) is 0 Å². The molecule has 0 saturated heterocycles. The van der Waals surface area contributed by atoms with Gasteiger partial charge in [0, 0.05) is 24.9 Å². The van der Waals surface area contributed by atoms with E-state index in [1.165, 1.54) is 18.2 Å². The molecule has 0 saturated carbocycles. The van der Waals surface area contributed by atoms with Gasteiger partial charge in [-0.15, -0.1) is 0 Å². The molecule has 0 aliphatic carbocycles. The van der Waals surface area contributed by atoms with Gasteiger partial charge in [0.05, 0.1) is 26.2 Å². The van der Waals surface area contributed by atoms with E-state index < -0.39 is 23.4 Å². The molecule has 0 aromatic heterocycles. The summed E-state index contributed by atoms with van der Waals surface area (Å²) in [5, 5.41) is 16.5. The lowest BCUT2D eigenvalue weighted by molar-refractivity contribution is -0.384. The van der Waals surface area contributed by atoms with E-state index in [2.05, 4.69) is 10.6 Å². The fourth-order valence-corrected chi connectivity index (χ4v) is 2.38. The van der Waals surface area contributed by atoms with Crippen LogP contribution in [0.1, 0.15) is 10.4 Å². The van der Waals surface area contributed by atoms with E-state index in [0.29, 0.717) is 5.69 Å². The first-order valence-electron chi connectivity index (χ1n) is 7.20. The maximum absolute atomic E-state index is 12.2. The lowest BCUT2D eigenvalue weighted by Gasteiger charge is -2.10. The van der Waals surface area contributed by atoms with Crippen LogP contribution in [-0.4, -0.2) is 30.5 Å². The number of hydrogen-bond donors (Lipinski definition) is 2. The lowest BCUT2D eigenvalue weighted by atomic mass is 10.1. The summed E-state index contributed by atoms with van der Waals surface area (Å²) in [6, 6.07) is 8.38. The molecule has 0 fully saturated rings. The zero-order chi connectivity index (χ0) is 19.3. The van der Waals surface area contributed by atoms with Crippen LogP contribution in [0.5, 0.6) is 0 Å². The number of hydrogen-bond acceptors (Lipinski definition) is 6. The second kappa shape index (κ2) is 8.50. The molecule has 1 amide bonds. The number of benzene rings is 2. The Hall–Kier alpha value is -2.84. The number of nitro benzene ring substituents is 1. The Morgan fingerprint density at radius 3 is 2.58 bits per heavy atom. The average Bonchev–Trinajstić information content (AvgIpc) is 2.62. The molecule has 0 aliphatic rings. The van der Waals surface area contributed by atoms with Crippen molar-refractivity contribution in [3.05, 3.63) is 62.1 Å². The molecule has 136 valence electrons. The molecule has 0 unspecified atom stereocenters. The number of ether oxygens (including phenoxy) is 1. The molecule has 0 bridgehead atoms.